The maximum atomic E-state index is 12.9. The first-order valence-electron chi connectivity index (χ1n) is 10.6. The van der Waals surface area contributed by atoms with Crippen molar-refractivity contribution in [2.75, 3.05) is 24.5 Å². The Morgan fingerprint density at radius 2 is 1.97 bits per heavy atom. The van der Waals surface area contributed by atoms with Gasteiger partial charge in [-0.05, 0) is 55.4 Å². The van der Waals surface area contributed by atoms with Crippen molar-refractivity contribution in [1.29, 1.82) is 0 Å². The molecule has 2 N–H and O–H groups in total. The molecule has 0 amide bonds. The predicted octanol–water partition coefficient (Wildman–Crippen LogP) is 2.20. The van der Waals surface area contributed by atoms with Crippen LogP contribution in [0.1, 0.15) is 47.8 Å². The number of carboxylic acids is 1. The first-order valence-corrected chi connectivity index (χ1v) is 12.1. The summed E-state index contributed by atoms with van der Waals surface area (Å²) in [7, 11) is -3.94. The topological polar surface area (TPSA) is 130 Å². The van der Waals surface area contributed by atoms with Crippen LogP contribution in [0.15, 0.2) is 35.5 Å². The molecular weight excluding hydrogens is 432 g/mol. The molecule has 0 spiro atoms. The van der Waals surface area contributed by atoms with Gasteiger partial charge in [-0.25, -0.2) is 18.4 Å². The normalized spacial score (nSPS) is 13.7. The van der Waals surface area contributed by atoms with Gasteiger partial charge in [0.2, 0.25) is 10.0 Å². The van der Waals surface area contributed by atoms with Crippen molar-refractivity contribution in [2.45, 2.75) is 44.4 Å². The first kappa shape index (κ1) is 23.8. The number of nitrogens with zero attached hydrogens (tertiary/aromatic N) is 3. The highest BCUT2D eigenvalue weighted by molar-refractivity contribution is 7.89. The summed E-state index contributed by atoms with van der Waals surface area (Å²) < 4.78 is 26.4. The van der Waals surface area contributed by atoms with Crippen molar-refractivity contribution in [3.8, 4) is 0 Å². The molecule has 0 unspecified atom stereocenters. The molecule has 172 valence electrons. The monoisotopic (exact) mass is 460 g/mol. The van der Waals surface area contributed by atoms with E-state index in [2.05, 4.69) is 21.8 Å². The predicted molar refractivity (Wildman–Crippen MR) is 119 cm³/mol. The number of carbonyl (C=O) groups excluding carboxylic acids is 1. The highest BCUT2D eigenvalue weighted by Crippen LogP contribution is 2.31. The van der Waals surface area contributed by atoms with E-state index in [9.17, 15) is 18.0 Å². The Kier molecular flexibility index (Phi) is 7.57. The van der Waals surface area contributed by atoms with Crippen LogP contribution in [0.5, 0.6) is 0 Å². The minimum atomic E-state index is -3.94. The summed E-state index contributed by atoms with van der Waals surface area (Å²) >= 11 is 0. The fraction of sp³-hybridized carbons (Fsp3) is 0.455. The maximum Gasteiger partial charge on any atom is 0.318 e. The van der Waals surface area contributed by atoms with E-state index >= 15 is 0 Å². The minimum Gasteiger partial charge on any atom is -0.480 e. The molecule has 32 heavy (non-hydrogen) atoms. The molecule has 9 nitrogen and oxygen atoms in total. The Labute approximate surface area is 187 Å². The zero-order chi connectivity index (χ0) is 23.3. The number of carboxylic acid groups (broad SMARTS) is 1. The van der Waals surface area contributed by atoms with Gasteiger partial charge in [-0.2, -0.15) is 4.72 Å². The van der Waals surface area contributed by atoms with Gasteiger partial charge >= 0.3 is 5.97 Å². The number of hydrogen-bond acceptors (Lipinski definition) is 7. The molecule has 0 radical (unpaired) electrons. The van der Waals surface area contributed by atoms with E-state index < -0.39 is 22.5 Å². The molecule has 0 atom stereocenters. The van der Waals surface area contributed by atoms with E-state index in [0.29, 0.717) is 22.7 Å². The van der Waals surface area contributed by atoms with E-state index in [1.807, 2.05) is 4.72 Å². The maximum absolute atomic E-state index is 12.9. The highest BCUT2D eigenvalue weighted by atomic mass is 32.2. The second-order valence-electron chi connectivity index (χ2n) is 8.06. The van der Waals surface area contributed by atoms with E-state index in [1.165, 1.54) is 31.3 Å². The summed E-state index contributed by atoms with van der Waals surface area (Å²) in [6.45, 7) is 4.92. The van der Waals surface area contributed by atoms with Gasteiger partial charge in [-0.15, -0.1) is 0 Å². The van der Waals surface area contributed by atoms with E-state index in [0.717, 1.165) is 25.3 Å². The molecule has 1 aliphatic carbocycles. The lowest BCUT2D eigenvalue weighted by Gasteiger charge is -2.23. The Morgan fingerprint density at radius 3 is 2.59 bits per heavy atom. The van der Waals surface area contributed by atoms with Gasteiger partial charge in [0.05, 0.1) is 4.90 Å². The molecule has 1 fully saturated rings. The number of sulfonamides is 1. The summed E-state index contributed by atoms with van der Waals surface area (Å²) in [5, 5.41) is 8.68. The molecule has 1 aromatic carbocycles. The molecule has 1 aliphatic rings. The Bertz CT molecular complexity index is 1100. The fourth-order valence-corrected chi connectivity index (χ4v) is 4.45. The van der Waals surface area contributed by atoms with E-state index in [4.69, 9.17) is 5.11 Å². The van der Waals surface area contributed by atoms with Gasteiger partial charge in [0, 0.05) is 25.6 Å². The van der Waals surface area contributed by atoms with Crippen LogP contribution in [0.4, 0.5) is 5.82 Å². The van der Waals surface area contributed by atoms with Gasteiger partial charge in [0.1, 0.15) is 24.4 Å². The third-order valence-corrected chi connectivity index (χ3v) is 6.72. The minimum absolute atomic E-state index is 0.0490. The summed E-state index contributed by atoms with van der Waals surface area (Å²) in [6, 6.07) is 6.09. The third-order valence-electron chi connectivity index (χ3n) is 5.32. The number of hydrogen-bond donors (Lipinski definition) is 2. The standard InChI is InChI=1S/C22H28N4O5S/c1-3-8-26(13-16-4-5-16)21-11-19(23-14-24-21)20(27)10-17-6-7-18(9-15(17)2)32(30,31)25-12-22(28)29/h6-7,9,11,14,16,25H,3-5,8,10,12-13H2,1-2H3,(H,28,29). The van der Waals surface area contributed by atoms with Crippen LogP contribution in [-0.4, -0.2) is 54.9 Å². The zero-order valence-electron chi connectivity index (χ0n) is 18.2. The van der Waals surface area contributed by atoms with Crippen LogP contribution in [-0.2, 0) is 21.2 Å². The number of carbonyl (C=O) groups is 2. The van der Waals surface area contributed by atoms with Crippen molar-refractivity contribution >= 4 is 27.6 Å². The molecule has 0 bridgehead atoms. The number of rotatable bonds is 12. The quantitative estimate of drug-likeness (QED) is 0.461. The lowest BCUT2D eigenvalue weighted by atomic mass is 10.0. The number of aliphatic carboxylic acids is 1. The van der Waals surface area contributed by atoms with Crippen LogP contribution in [0, 0.1) is 12.8 Å². The van der Waals surface area contributed by atoms with Crippen LogP contribution >= 0.6 is 0 Å². The largest absolute Gasteiger partial charge is 0.480 e. The SMILES string of the molecule is CCCN(CC1CC1)c1cc(C(=O)Cc2ccc(S(=O)(=O)NCC(=O)O)cc2C)ncn1. The van der Waals surface area contributed by atoms with Crippen molar-refractivity contribution < 1.29 is 23.1 Å². The molecular formula is C22H28N4O5S. The highest BCUT2D eigenvalue weighted by Gasteiger charge is 2.25. The Morgan fingerprint density at radius 1 is 1.22 bits per heavy atom. The number of benzene rings is 1. The van der Waals surface area contributed by atoms with Gasteiger partial charge in [0.15, 0.2) is 5.78 Å². The van der Waals surface area contributed by atoms with Gasteiger partial charge in [-0.1, -0.05) is 13.0 Å². The van der Waals surface area contributed by atoms with Gasteiger partial charge in [0.25, 0.3) is 0 Å². The average molecular weight is 461 g/mol. The van der Waals surface area contributed by atoms with Crippen molar-refractivity contribution in [3.05, 3.63) is 47.4 Å². The number of nitrogens with one attached hydrogen (secondary N) is 1. The van der Waals surface area contributed by atoms with Crippen molar-refractivity contribution in [2.24, 2.45) is 5.92 Å². The van der Waals surface area contributed by atoms with Crippen LogP contribution in [0.2, 0.25) is 0 Å². The number of aryl methyl sites for hydroxylation is 1. The number of anilines is 1. The second kappa shape index (κ2) is 10.2. The summed E-state index contributed by atoms with van der Waals surface area (Å²) in [6.07, 6.45) is 4.92. The van der Waals surface area contributed by atoms with E-state index in [1.54, 1.807) is 19.1 Å². The van der Waals surface area contributed by atoms with Crippen LogP contribution in [0.3, 0.4) is 0 Å². The first-order chi connectivity index (χ1) is 15.2. The molecule has 1 aromatic heterocycles. The lowest BCUT2D eigenvalue weighted by Crippen LogP contribution is -2.29. The van der Waals surface area contributed by atoms with Crippen molar-refractivity contribution in [1.82, 2.24) is 14.7 Å². The molecule has 0 saturated heterocycles. The molecule has 0 aliphatic heterocycles. The third kappa shape index (κ3) is 6.33. The molecule has 10 heteroatoms. The van der Waals surface area contributed by atoms with Crippen LogP contribution < -0.4 is 9.62 Å². The summed E-state index contributed by atoms with van der Waals surface area (Å²) in [5.41, 5.74) is 1.62. The van der Waals surface area contributed by atoms with Crippen LogP contribution in [0.25, 0.3) is 0 Å². The summed E-state index contributed by atoms with van der Waals surface area (Å²) in [4.78, 5) is 34.2. The molecule has 1 heterocycles. The molecule has 3 rings (SSSR count). The Balaban J connectivity index is 1.73. The number of ketones is 1. The van der Waals surface area contributed by atoms with E-state index in [-0.39, 0.29) is 17.1 Å². The van der Waals surface area contributed by atoms with Gasteiger partial charge in [-0.3, -0.25) is 9.59 Å². The number of Topliss-reactive ketones (excluding diaryl/α,β-unsaturated/α-hetero) is 1. The second-order valence-corrected chi connectivity index (χ2v) is 9.82. The van der Waals surface area contributed by atoms with Crippen molar-refractivity contribution in [3.63, 3.8) is 0 Å². The smallest absolute Gasteiger partial charge is 0.318 e. The lowest BCUT2D eigenvalue weighted by molar-refractivity contribution is -0.135. The fourth-order valence-electron chi connectivity index (χ4n) is 3.39. The van der Waals surface area contributed by atoms with Gasteiger partial charge < -0.3 is 10.0 Å². The summed E-state index contributed by atoms with van der Waals surface area (Å²) in [5.74, 6) is -0.0107. The number of aromatic nitrogens is 2. The Hall–Kier alpha value is -2.85. The molecule has 2 aromatic rings. The zero-order valence-corrected chi connectivity index (χ0v) is 19.1. The average Bonchev–Trinajstić information content (AvgIpc) is 3.57. The molecule has 1 saturated carbocycles.